The van der Waals surface area contributed by atoms with Crippen molar-refractivity contribution in [3.8, 4) is 0 Å². The lowest BCUT2D eigenvalue weighted by atomic mass is 10.1. The molecule has 0 aromatic carbocycles. The molecule has 0 saturated heterocycles. The molecule has 0 aliphatic rings. The summed E-state index contributed by atoms with van der Waals surface area (Å²) in [7, 11) is 1.94. The fourth-order valence-electron chi connectivity index (χ4n) is 1.57. The molecule has 4 heteroatoms. The van der Waals surface area contributed by atoms with Gasteiger partial charge in [-0.1, -0.05) is 6.92 Å². The Labute approximate surface area is 91.6 Å². The zero-order valence-electron chi connectivity index (χ0n) is 9.86. The van der Waals surface area contributed by atoms with Crippen LogP contribution in [0.3, 0.4) is 0 Å². The average Bonchev–Trinajstić information content (AvgIpc) is 2.65. The Morgan fingerprint density at radius 1 is 1.53 bits per heavy atom. The van der Waals surface area contributed by atoms with Gasteiger partial charge in [-0.2, -0.15) is 5.10 Å². The van der Waals surface area contributed by atoms with Crippen molar-refractivity contribution in [2.24, 2.45) is 7.05 Å². The summed E-state index contributed by atoms with van der Waals surface area (Å²) in [6, 6.07) is 0.388. The van der Waals surface area contributed by atoms with Gasteiger partial charge in [0.05, 0.1) is 12.8 Å². The van der Waals surface area contributed by atoms with Gasteiger partial charge in [0.2, 0.25) is 0 Å². The maximum absolute atomic E-state index is 5.29. The summed E-state index contributed by atoms with van der Waals surface area (Å²) in [6.45, 7) is 6.63. The molecule has 0 radical (unpaired) electrons. The first kappa shape index (κ1) is 12.2. The molecule has 0 saturated carbocycles. The lowest BCUT2D eigenvalue weighted by Crippen LogP contribution is -2.24. The average molecular weight is 211 g/mol. The summed E-state index contributed by atoms with van der Waals surface area (Å²) < 4.78 is 7.12. The molecule has 1 N–H and O–H groups in total. The van der Waals surface area contributed by atoms with Gasteiger partial charge in [-0.3, -0.25) is 4.68 Å². The van der Waals surface area contributed by atoms with Crippen molar-refractivity contribution in [1.82, 2.24) is 15.1 Å². The molecular formula is C11H21N3O. The van der Waals surface area contributed by atoms with Gasteiger partial charge in [0.15, 0.2) is 0 Å². The van der Waals surface area contributed by atoms with E-state index in [-0.39, 0.29) is 0 Å². The molecule has 0 spiro atoms. The fourth-order valence-corrected chi connectivity index (χ4v) is 1.57. The monoisotopic (exact) mass is 211 g/mol. The van der Waals surface area contributed by atoms with Crippen molar-refractivity contribution in [3.63, 3.8) is 0 Å². The van der Waals surface area contributed by atoms with Crippen LogP contribution < -0.4 is 5.32 Å². The van der Waals surface area contributed by atoms with Crippen molar-refractivity contribution in [2.75, 3.05) is 19.8 Å². The van der Waals surface area contributed by atoms with E-state index in [1.807, 2.05) is 24.9 Å². The highest BCUT2D eigenvalue weighted by molar-refractivity contribution is 5.09. The molecule has 15 heavy (non-hydrogen) atoms. The van der Waals surface area contributed by atoms with Gasteiger partial charge in [0.25, 0.3) is 0 Å². The van der Waals surface area contributed by atoms with E-state index in [1.165, 1.54) is 5.56 Å². The molecular weight excluding hydrogens is 190 g/mol. The predicted molar refractivity (Wildman–Crippen MR) is 60.7 cm³/mol. The number of ether oxygens (including phenoxy) is 1. The molecule has 1 rings (SSSR count). The Morgan fingerprint density at radius 3 is 2.87 bits per heavy atom. The van der Waals surface area contributed by atoms with Gasteiger partial charge in [-0.05, 0) is 13.3 Å². The largest absolute Gasteiger partial charge is 0.380 e. The second kappa shape index (κ2) is 6.58. The van der Waals surface area contributed by atoms with E-state index >= 15 is 0 Å². The number of rotatable bonds is 7. The number of aromatic nitrogens is 2. The van der Waals surface area contributed by atoms with Crippen LogP contribution >= 0.6 is 0 Å². The van der Waals surface area contributed by atoms with Crippen LogP contribution in [0.4, 0.5) is 0 Å². The maximum atomic E-state index is 5.29. The van der Waals surface area contributed by atoms with Gasteiger partial charge in [-0.25, -0.2) is 0 Å². The molecule has 86 valence electrons. The van der Waals surface area contributed by atoms with Crippen molar-refractivity contribution in [1.29, 1.82) is 0 Å². The van der Waals surface area contributed by atoms with Crippen LogP contribution in [0.1, 0.15) is 31.9 Å². The van der Waals surface area contributed by atoms with Gasteiger partial charge >= 0.3 is 0 Å². The first-order chi connectivity index (χ1) is 7.27. The zero-order valence-corrected chi connectivity index (χ0v) is 9.86. The molecule has 0 aliphatic carbocycles. The van der Waals surface area contributed by atoms with E-state index in [2.05, 4.69) is 23.5 Å². The van der Waals surface area contributed by atoms with Crippen LogP contribution in [0.5, 0.6) is 0 Å². The quantitative estimate of drug-likeness (QED) is 0.695. The topological polar surface area (TPSA) is 39.1 Å². The SMILES string of the molecule is CCOCCNC(CC)c1cnn(C)c1. The highest BCUT2D eigenvalue weighted by Gasteiger charge is 2.09. The molecule has 0 bridgehead atoms. The lowest BCUT2D eigenvalue weighted by molar-refractivity contribution is 0.146. The Hall–Kier alpha value is -0.870. The van der Waals surface area contributed by atoms with E-state index in [0.29, 0.717) is 6.04 Å². The third-order valence-electron chi connectivity index (χ3n) is 2.38. The van der Waals surface area contributed by atoms with Crippen LogP contribution in [0.15, 0.2) is 12.4 Å². The smallest absolute Gasteiger partial charge is 0.0590 e. The predicted octanol–water partition coefficient (Wildman–Crippen LogP) is 1.50. The van der Waals surface area contributed by atoms with E-state index < -0.39 is 0 Å². The summed E-state index contributed by atoms with van der Waals surface area (Å²) >= 11 is 0. The second-order valence-electron chi connectivity index (χ2n) is 3.56. The van der Waals surface area contributed by atoms with Crippen molar-refractivity contribution < 1.29 is 4.74 Å². The van der Waals surface area contributed by atoms with Gasteiger partial charge in [0, 0.05) is 38.0 Å². The van der Waals surface area contributed by atoms with Gasteiger partial charge < -0.3 is 10.1 Å². The third-order valence-corrected chi connectivity index (χ3v) is 2.38. The van der Waals surface area contributed by atoms with E-state index in [9.17, 15) is 0 Å². The number of aryl methyl sites for hydroxylation is 1. The summed E-state index contributed by atoms with van der Waals surface area (Å²) in [5, 5.41) is 7.63. The standard InChI is InChI=1S/C11H21N3O/c1-4-11(12-6-7-15-5-2)10-8-13-14(3)9-10/h8-9,11-12H,4-7H2,1-3H3. The molecule has 0 amide bonds. The number of nitrogens with one attached hydrogen (secondary N) is 1. The lowest BCUT2D eigenvalue weighted by Gasteiger charge is -2.14. The highest BCUT2D eigenvalue weighted by Crippen LogP contribution is 2.14. The minimum atomic E-state index is 0.388. The summed E-state index contributed by atoms with van der Waals surface area (Å²) in [5.41, 5.74) is 1.25. The van der Waals surface area contributed by atoms with E-state index in [1.54, 1.807) is 0 Å². The van der Waals surface area contributed by atoms with Crippen molar-refractivity contribution in [3.05, 3.63) is 18.0 Å². The van der Waals surface area contributed by atoms with Crippen LogP contribution in [0.25, 0.3) is 0 Å². The summed E-state index contributed by atoms with van der Waals surface area (Å²) in [6.07, 6.45) is 5.04. The van der Waals surface area contributed by atoms with Gasteiger partial charge in [-0.15, -0.1) is 0 Å². The van der Waals surface area contributed by atoms with Crippen LogP contribution in [-0.4, -0.2) is 29.5 Å². The van der Waals surface area contributed by atoms with Crippen molar-refractivity contribution in [2.45, 2.75) is 26.3 Å². The third kappa shape index (κ3) is 4.01. The number of nitrogens with zero attached hydrogens (tertiary/aromatic N) is 2. The Morgan fingerprint density at radius 2 is 2.33 bits per heavy atom. The molecule has 0 aliphatic heterocycles. The Balaban J connectivity index is 2.35. The molecule has 1 aromatic heterocycles. The first-order valence-electron chi connectivity index (χ1n) is 5.57. The van der Waals surface area contributed by atoms with Crippen molar-refractivity contribution >= 4 is 0 Å². The normalized spacial score (nSPS) is 13.0. The summed E-state index contributed by atoms with van der Waals surface area (Å²) in [5.74, 6) is 0. The number of hydrogen-bond acceptors (Lipinski definition) is 3. The Bertz CT molecular complexity index is 273. The molecule has 1 aromatic rings. The van der Waals surface area contributed by atoms with Crippen LogP contribution in [0.2, 0.25) is 0 Å². The highest BCUT2D eigenvalue weighted by atomic mass is 16.5. The summed E-state index contributed by atoms with van der Waals surface area (Å²) in [4.78, 5) is 0. The Kier molecular flexibility index (Phi) is 5.36. The minimum Gasteiger partial charge on any atom is -0.380 e. The molecule has 1 unspecified atom stereocenters. The molecule has 4 nitrogen and oxygen atoms in total. The minimum absolute atomic E-state index is 0.388. The molecule has 0 fully saturated rings. The van der Waals surface area contributed by atoms with E-state index in [4.69, 9.17) is 4.74 Å². The second-order valence-corrected chi connectivity index (χ2v) is 3.56. The van der Waals surface area contributed by atoms with Crippen LogP contribution in [0, 0.1) is 0 Å². The number of hydrogen-bond donors (Lipinski definition) is 1. The maximum Gasteiger partial charge on any atom is 0.0590 e. The molecule has 1 heterocycles. The van der Waals surface area contributed by atoms with E-state index in [0.717, 1.165) is 26.2 Å². The van der Waals surface area contributed by atoms with Gasteiger partial charge in [0.1, 0.15) is 0 Å². The zero-order chi connectivity index (χ0) is 11.1. The molecule has 1 atom stereocenters. The fraction of sp³-hybridized carbons (Fsp3) is 0.727. The first-order valence-corrected chi connectivity index (χ1v) is 5.57. The van der Waals surface area contributed by atoms with Crippen LogP contribution in [-0.2, 0) is 11.8 Å².